The fourth-order valence-electron chi connectivity index (χ4n) is 1.29. The van der Waals surface area contributed by atoms with Crippen molar-refractivity contribution < 1.29 is 9.90 Å². The highest BCUT2D eigenvalue weighted by atomic mass is 16.4. The third-order valence-corrected chi connectivity index (χ3v) is 2.07. The van der Waals surface area contributed by atoms with Crippen molar-refractivity contribution in [2.75, 3.05) is 13.6 Å². The first-order valence-electron chi connectivity index (χ1n) is 5.13. The van der Waals surface area contributed by atoms with Crippen LogP contribution in [0.25, 0.3) is 0 Å². The Morgan fingerprint density at radius 2 is 1.62 bits per heavy atom. The van der Waals surface area contributed by atoms with E-state index in [4.69, 9.17) is 5.11 Å². The molecular formula is C10H21NO2. The Labute approximate surface area is 80.5 Å². The molecule has 2 N–H and O–H groups in total. The monoisotopic (exact) mass is 187 g/mol. The van der Waals surface area contributed by atoms with Crippen molar-refractivity contribution in [3.63, 3.8) is 0 Å². The molecule has 0 aromatic rings. The summed E-state index contributed by atoms with van der Waals surface area (Å²) < 4.78 is 0. The van der Waals surface area contributed by atoms with Crippen molar-refractivity contribution in [3.05, 3.63) is 0 Å². The average molecular weight is 187 g/mol. The van der Waals surface area contributed by atoms with Crippen molar-refractivity contribution in [1.29, 1.82) is 0 Å². The first-order valence-corrected chi connectivity index (χ1v) is 5.13. The highest BCUT2D eigenvalue weighted by Crippen LogP contribution is 2.06. The second-order valence-electron chi connectivity index (χ2n) is 3.37. The minimum atomic E-state index is -0.671. The molecule has 0 heterocycles. The molecule has 3 heteroatoms. The van der Waals surface area contributed by atoms with Gasteiger partial charge < -0.3 is 10.4 Å². The van der Waals surface area contributed by atoms with E-state index in [1.807, 2.05) is 7.05 Å². The van der Waals surface area contributed by atoms with Gasteiger partial charge in [0.15, 0.2) is 0 Å². The number of carboxylic acids is 1. The van der Waals surface area contributed by atoms with Crippen LogP contribution < -0.4 is 5.32 Å². The molecule has 0 saturated heterocycles. The number of carboxylic acid groups (broad SMARTS) is 1. The van der Waals surface area contributed by atoms with Crippen LogP contribution in [0.1, 0.15) is 44.9 Å². The molecule has 3 nitrogen and oxygen atoms in total. The van der Waals surface area contributed by atoms with E-state index >= 15 is 0 Å². The van der Waals surface area contributed by atoms with E-state index in [9.17, 15) is 4.79 Å². The van der Waals surface area contributed by atoms with E-state index in [0.717, 1.165) is 19.4 Å². The fraction of sp³-hybridized carbons (Fsp3) is 0.900. The third kappa shape index (κ3) is 11.4. The lowest BCUT2D eigenvalue weighted by Crippen LogP contribution is -2.06. The van der Waals surface area contributed by atoms with E-state index in [-0.39, 0.29) is 0 Å². The number of carbonyl (C=O) groups is 1. The van der Waals surface area contributed by atoms with Crippen LogP contribution in [0.15, 0.2) is 0 Å². The molecule has 0 aromatic carbocycles. The summed E-state index contributed by atoms with van der Waals surface area (Å²) in [4.78, 5) is 10.2. The van der Waals surface area contributed by atoms with Crippen LogP contribution in [-0.2, 0) is 4.79 Å². The maximum Gasteiger partial charge on any atom is 0.303 e. The first kappa shape index (κ1) is 12.4. The van der Waals surface area contributed by atoms with Gasteiger partial charge >= 0.3 is 5.97 Å². The molecule has 0 aliphatic rings. The lowest BCUT2D eigenvalue weighted by atomic mass is 10.1. The summed E-state index contributed by atoms with van der Waals surface area (Å²) in [6, 6.07) is 0. The number of unbranched alkanes of at least 4 members (excludes halogenated alkanes) is 5. The summed E-state index contributed by atoms with van der Waals surface area (Å²) >= 11 is 0. The molecule has 78 valence electrons. The largest absolute Gasteiger partial charge is 0.481 e. The maximum atomic E-state index is 10.2. The smallest absolute Gasteiger partial charge is 0.303 e. The van der Waals surface area contributed by atoms with Gasteiger partial charge in [-0.25, -0.2) is 0 Å². The van der Waals surface area contributed by atoms with Crippen molar-refractivity contribution in [2.24, 2.45) is 0 Å². The molecule has 0 saturated carbocycles. The summed E-state index contributed by atoms with van der Waals surface area (Å²) in [5.74, 6) is -0.671. The third-order valence-electron chi connectivity index (χ3n) is 2.07. The molecule has 0 atom stereocenters. The summed E-state index contributed by atoms with van der Waals surface area (Å²) in [6.07, 6.45) is 7.13. The second kappa shape index (κ2) is 9.52. The lowest BCUT2D eigenvalue weighted by molar-refractivity contribution is -0.137. The molecular weight excluding hydrogens is 166 g/mol. The average Bonchev–Trinajstić information content (AvgIpc) is 2.09. The molecule has 0 aliphatic heterocycles. The quantitative estimate of drug-likeness (QED) is 0.543. The number of hydrogen-bond donors (Lipinski definition) is 2. The van der Waals surface area contributed by atoms with Crippen LogP contribution in [0, 0.1) is 0 Å². The van der Waals surface area contributed by atoms with Gasteiger partial charge in [0.25, 0.3) is 0 Å². The zero-order valence-electron chi connectivity index (χ0n) is 8.51. The normalized spacial score (nSPS) is 10.2. The molecule has 0 aromatic heterocycles. The highest BCUT2D eigenvalue weighted by Gasteiger charge is 1.95. The lowest BCUT2D eigenvalue weighted by Gasteiger charge is -2.00. The second-order valence-corrected chi connectivity index (χ2v) is 3.37. The predicted octanol–water partition coefficient (Wildman–Crippen LogP) is 2.02. The summed E-state index contributed by atoms with van der Waals surface area (Å²) in [7, 11) is 1.97. The van der Waals surface area contributed by atoms with Crippen LogP contribution >= 0.6 is 0 Å². The molecule has 0 aliphatic carbocycles. The number of hydrogen-bond acceptors (Lipinski definition) is 2. The molecule has 0 radical (unpaired) electrons. The Hall–Kier alpha value is -0.570. The SMILES string of the molecule is CNCCCCCCCCC(=O)O. The van der Waals surface area contributed by atoms with Gasteiger partial charge in [-0.1, -0.05) is 25.7 Å². The van der Waals surface area contributed by atoms with Gasteiger partial charge in [-0.05, 0) is 26.4 Å². The zero-order valence-corrected chi connectivity index (χ0v) is 8.51. The van der Waals surface area contributed by atoms with E-state index in [1.54, 1.807) is 0 Å². The fourth-order valence-corrected chi connectivity index (χ4v) is 1.29. The Balaban J connectivity index is 2.87. The summed E-state index contributed by atoms with van der Waals surface area (Å²) in [6.45, 7) is 1.09. The van der Waals surface area contributed by atoms with E-state index < -0.39 is 5.97 Å². The topological polar surface area (TPSA) is 49.3 Å². The van der Waals surface area contributed by atoms with Gasteiger partial charge in [0.1, 0.15) is 0 Å². The molecule has 0 bridgehead atoms. The zero-order chi connectivity index (χ0) is 9.94. The summed E-state index contributed by atoms with van der Waals surface area (Å²) in [5, 5.41) is 11.5. The molecule has 0 amide bonds. The minimum absolute atomic E-state index is 0.330. The van der Waals surface area contributed by atoms with E-state index in [1.165, 1.54) is 25.7 Å². The minimum Gasteiger partial charge on any atom is -0.481 e. The molecule has 0 spiro atoms. The van der Waals surface area contributed by atoms with Crippen molar-refractivity contribution in [2.45, 2.75) is 44.9 Å². The highest BCUT2D eigenvalue weighted by molar-refractivity contribution is 5.66. The van der Waals surface area contributed by atoms with E-state index in [0.29, 0.717) is 6.42 Å². The Morgan fingerprint density at radius 1 is 1.08 bits per heavy atom. The van der Waals surface area contributed by atoms with E-state index in [2.05, 4.69) is 5.32 Å². The van der Waals surface area contributed by atoms with Crippen molar-refractivity contribution in [3.8, 4) is 0 Å². The van der Waals surface area contributed by atoms with Gasteiger partial charge in [-0.2, -0.15) is 0 Å². The van der Waals surface area contributed by atoms with Crippen LogP contribution in [0.2, 0.25) is 0 Å². The Morgan fingerprint density at radius 3 is 2.15 bits per heavy atom. The van der Waals surface area contributed by atoms with Crippen LogP contribution in [0.3, 0.4) is 0 Å². The number of aliphatic carboxylic acids is 1. The maximum absolute atomic E-state index is 10.2. The Bertz CT molecular complexity index is 126. The number of rotatable bonds is 9. The van der Waals surface area contributed by atoms with Gasteiger partial charge in [0.05, 0.1) is 0 Å². The molecule has 0 rings (SSSR count). The molecule has 0 fully saturated rings. The van der Waals surface area contributed by atoms with Gasteiger partial charge in [-0.15, -0.1) is 0 Å². The van der Waals surface area contributed by atoms with Crippen LogP contribution in [0.5, 0.6) is 0 Å². The summed E-state index contributed by atoms with van der Waals surface area (Å²) in [5.41, 5.74) is 0. The van der Waals surface area contributed by atoms with Gasteiger partial charge in [-0.3, -0.25) is 4.79 Å². The van der Waals surface area contributed by atoms with Gasteiger partial charge in [0.2, 0.25) is 0 Å². The first-order chi connectivity index (χ1) is 6.27. The van der Waals surface area contributed by atoms with Crippen LogP contribution in [-0.4, -0.2) is 24.7 Å². The standard InChI is InChI=1S/C10H21NO2/c1-11-9-7-5-3-2-4-6-8-10(12)13/h11H,2-9H2,1H3,(H,12,13). The Kier molecular flexibility index (Phi) is 9.10. The van der Waals surface area contributed by atoms with Crippen molar-refractivity contribution in [1.82, 2.24) is 5.32 Å². The molecule has 13 heavy (non-hydrogen) atoms. The van der Waals surface area contributed by atoms with Crippen molar-refractivity contribution >= 4 is 5.97 Å². The molecule has 0 unspecified atom stereocenters. The number of nitrogens with one attached hydrogen (secondary N) is 1. The van der Waals surface area contributed by atoms with Crippen LogP contribution in [0.4, 0.5) is 0 Å². The predicted molar refractivity (Wildman–Crippen MR) is 53.9 cm³/mol. The van der Waals surface area contributed by atoms with Gasteiger partial charge in [0, 0.05) is 6.42 Å².